The van der Waals surface area contributed by atoms with Gasteiger partial charge in [0, 0.05) is 41.9 Å². The van der Waals surface area contributed by atoms with Gasteiger partial charge in [-0.25, -0.2) is 8.42 Å². The Hall–Kier alpha value is -3.05. The van der Waals surface area contributed by atoms with Crippen LogP contribution in [-0.4, -0.2) is 92.2 Å². The highest BCUT2D eigenvalue weighted by Gasteiger charge is 2.31. The second kappa shape index (κ2) is 20.6. The highest BCUT2D eigenvalue weighted by atomic mass is 32.2. The van der Waals surface area contributed by atoms with E-state index in [0.29, 0.717) is 44.3 Å². The minimum absolute atomic E-state index is 0.134. The Balaban J connectivity index is 1.48. The van der Waals surface area contributed by atoms with E-state index < -0.39 is 38.1 Å². The van der Waals surface area contributed by atoms with E-state index in [4.69, 9.17) is 23.7 Å². The lowest BCUT2D eigenvalue weighted by atomic mass is 9.90. The zero-order valence-electron chi connectivity index (χ0n) is 35.1. The molecular weight excluding hydrogens is 763 g/mol. The Kier molecular flexibility index (Phi) is 16.8. The first-order valence-electron chi connectivity index (χ1n) is 19.9. The lowest BCUT2D eigenvalue weighted by molar-refractivity contribution is -0.137. The van der Waals surface area contributed by atoms with Crippen molar-refractivity contribution >= 4 is 32.1 Å². The lowest BCUT2D eigenvalue weighted by Gasteiger charge is -2.26. The van der Waals surface area contributed by atoms with Gasteiger partial charge in [-0.15, -0.1) is 0 Å². The van der Waals surface area contributed by atoms with Gasteiger partial charge >= 0.3 is 5.97 Å². The molecule has 1 aliphatic carbocycles. The number of aliphatic carboxylic acids is 1. The fourth-order valence-corrected chi connectivity index (χ4v) is 9.89. The van der Waals surface area contributed by atoms with Crippen LogP contribution in [0.15, 0.2) is 54.6 Å². The van der Waals surface area contributed by atoms with Crippen molar-refractivity contribution < 1.29 is 42.0 Å². The Morgan fingerprint density at radius 2 is 1.45 bits per heavy atom. The van der Waals surface area contributed by atoms with E-state index in [-0.39, 0.29) is 31.7 Å². The zero-order chi connectivity index (χ0) is 41.1. The first-order chi connectivity index (χ1) is 26.4. The molecule has 2 atom stereocenters. The van der Waals surface area contributed by atoms with Crippen LogP contribution in [-0.2, 0) is 35.4 Å². The Morgan fingerprint density at radius 1 is 0.839 bits per heavy atom. The first kappa shape index (κ1) is 45.7. The number of nitrogens with zero attached hydrogens (tertiary/aromatic N) is 1. The maximum Gasteiger partial charge on any atom is 0.303 e. The van der Waals surface area contributed by atoms with Gasteiger partial charge in [0.1, 0.15) is 37.7 Å². The van der Waals surface area contributed by atoms with Crippen molar-refractivity contribution in [1.29, 1.82) is 0 Å². The highest BCUT2D eigenvalue weighted by Crippen LogP contribution is 2.42. The van der Waals surface area contributed by atoms with E-state index in [0.717, 1.165) is 47.4 Å². The van der Waals surface area contributed by atoms with Crippen molar-refractivity contribution in [3.8, 4) is 22.6 Å². The van der Waals surface area contributed by atoms with Crippen LogP contribution in [0.5, 0.6) is 11.5 Å². The molecule has 0 heterocycles. The number of aryl methyl sites for hydroxylation is 2. The van der Waals surface area contributed by atoms with Gasteiger partial charge in [-0.05, 0) is 109 Å². The van der Waals surface area contributed by atoms with E-state index in [1.165, 1.54) is 21.0 Å². The summed E-state index contributed by atoms with van der Waals surface area (Å²) >= 11 is 0. The minimum atomic E-state index is -3.95. The number of carboxylic acids is 1. The fraction of sp³-hybridized carbons (Fsp3) is 0.558. The summed E-state index contributed by atoms with van der Waals surface area (Å²) in [4.78, 5) is 12.0. The quantitative estimate of drug-likeness (QED) is 0.0535. The maximum absolute atomic E-state index is 13.9. The lowest BCUT2D eigenvalue weighted by Crippen LogP contribution is -2.39. The second-order valence-electron chi connectivity index (χ2n) is 17.3. The van der Waals surface area contributed by atoms with Gasteiger partial charge in [-0.3, -0.25) is 4.79 Å². The summed E-state index contributed by atoms with van der Waals surface area (Å²) in [5, 5.41) is 9.84. The molecule has 0 spiro atoms. The molecule has 1 unspecified atom stereocenters. The number of benzene rings is 3. The topological polar surface area (TPSA) is 121 Å². The van der Waals surface area contributed by atoms with Gasteiger partial charge in [-0.2, -0.15) is 4.31 Å². The molecule has 3 aromatic carbocycles. The van der Waals surface area contributed by atoms with E-state index in [1.54, 1.807) is 12.1 Å². The van der Waals surface area contributed by atoms with Gasteiger partial charge in [0.25, 0.3) is 0 Å². The smallest absolute Gasteiger partial charge is 0.303 e. The molecule has 13 heteroatoms. The largest absolute Gasteiger partial charge is 0.491 e. The number of fused-ring (bicyclic) bond motifs is 1. The fourth-order valence-electron chi connectivity index (χ4n) is 6.88. The molecule has 0 radical (unpaired) electrons. The van der Waals surface area contributed by atoms with Crippen molar-refractivity contribution in [2.24, 2.45) is 0 Å². The molecule has 56 heavy (non-hydrogen) atoms. The van der Waals surface area contributed by atoms with Crippen LogP contribution in [0.4, 0.5) is 0 Å². The molecule has 0 aromatic heterocycles. The van der Waals surface area contributed by atoms with Crippen molar-refractivity contribution in [3.05, 3.63) is 82.4 Å². The average Bonchev–Trinajstić information content (AvgIpc) is 3.51. The third-order valence-corrected chi connectivity index (χ3v) is 15.2. The van der Waals surface area contributed by atoms with Gasteiger partial charge in [0.2, 0.25) is 10.0 Å². The summed E-state index contributed by atoms with van der Waals surface area (Å²) in [5.41, 5.74) is 7.75. The van der Waals surface area contributed by atoms with Crippen molar-refractivity contribution in [3.63, 3.8) is 0 Å². The number of hydrogen-bond donors (Lipinski definition) is 1. The van der Waals surface area contributed by atoms with Crippen molar-refractivity contribution in [1.82, 2.24) is 4.31 Å². The Bertz CT molecular complexity index is 1790. The van der Waals surface area contributed by atoms with E-state index >= 15 is 0 Å². The van der Waals surface area contributed by atoms with Gasteiger partial charge in [0.05, 0.1) is 18.8 Å². The molecule has 0 aliphatic heterocycles. The Morgan fingerprint density at radius 3 is 2.00 bits per heavy atom. The molecule has 0 saturated heterocycles. The maximum atomic E-state index is 13.9. The Labute approximate surface area is 337 Å². The molecule has 3 aromatic rings. The van der Waals surface area contributed by atoms with Crippen LogP contribution in [0.2, 0.25) is 51.4 Å². The van der Waals surface area contributed by atoms with E-state index in [1.807, 2.05) is 19.1 Å². The molecule has 1 aliphatic rings. The van der Waals surface area contributed by atoms with Crippen LogP contribution in [0, 0.1) is 13.8 Å². The zero-order valence-corrected chi connectivity index (χ0v) is 37.9. The monoisotopic (exact) mass is 827 g/mol. The normalized spacial score (nSPS) is 15.2. The molecule has 0 amide bonds. The molecule has 4 rings (SSSR count). The predicted octanol–water partition coefficient (Wildman–Crippen LogP) is 9.27. The third-order valence-electron chi connectivity index (χ3n) is 10.0. The van der Waals surface area contributed by atoms with Crippen molar-refractivity contribution in [2.45, 2.75) is 103 Å². The van der Waals surface area contributed by atoms with Gasteiger partial charge < -0.3 is 28.8 Å². The summed E-state index contributed by atoms with van der Waals surface area (Å²) in [6.07, 6.45) is 1.21. The summed E-state index contributed by atoms with van der Waals surface area (Å²) < 4.78 is 58.7. The number of rotatable bonds is 24. The van der Waals surface area contributed by atoms with Crippen LogP contribution >= 0.6 is 0 Å². The highest BCUT2D eigenvalue weighted by molar-refractivity contribution is 7.89. The number of hydrogen-bond acceptors (Lipinski definition) is 8. The molecular formula is C43H65NO9SSi2. The standard InChI is InChI=1S/C43H65NO9SSi2/c1-10-49-20-21-52-37-26-32(2)43(33(3)27-37)40-13-11-12-39-38(40)18-19-41(39)53-36-16-14-34(15-17-36)35(28-42(45)46)29-54(47,48)44(30-50-22-24-55(4,5)6)31-51-23-25-56(7,8)9/h11-17,26-27,35,41H,10,18-25,28-31H2,1-9H3,(H,45,46)/t35?,41-/m1/s1. The molecule has 1 N–H and O–H groups in total. The van der Waals surface area contributed by atoms with Crippen molar-refractivity contribution in [2.75, 3.05) is 52.2 Å². The summed E-state index contributed by atoms with van der Waals surface area (Å²) in [6.45, 7) is 22.0. The number of sulfonamides is 1. The number of ether oxygens (including phenoxy) is 5. The van der Waals surface area contributed by atoms with Crippen LogP contribution in [0.1, 0.15) is 59.6 Å². The molecule has 0 saturated carbocycles. The van der Waals surface area contributed by atoms with E-state index in [2.05, 4.69) is 83.5 Å². The summed E-state index contributed by atoms with van der Waals surface area (Å²) in [6, 6.07) is 19.6. The minimum Gasteiger partial charge on any atom is -0.491 e. The molecule has 10 nitrogen and oxygen atoms in total. The van der Waals surface area contributed by atoms with Gasteiger partial charge in [-0.1, -0.05) is 69.6 Å². The molecule has 310 valence electrons. The molecule has 0 fully saturated rings. The number of carboxylic acid groups (broad SMARTS) is 1. The number of carbonyl (C=O) groups is 1. The van der Waals surface area contributed by atoms with Crippen LogP contribution in [0.25, 0.3) is 11.1 Å². The third kappa shape index (κ3) is 14.1. The first-order valence-corrected chi connectivity index (χ1v) is 28.9. The predicted molar refractivity (Wildman–Crippen MR) is 230 cm³/mol. The molecule has 0 bridgehead atoms. The average molecular weight is 828 g/mol. The van der Waals surface area contributed by atoms with Gasteiger partial charge in [0.15, 0.2) is 0 Å². The van der Waals surface area contributed by atoms with Crippen LogP contribution < -0.4 is 9.47 Å². The SMILES string of the molecule is CCOCCOc1cc(C)c(-c2cccc3c2CC[C@H]3Oc2ccc(C(CC(=O)O)CS(=O)(=O)N(COCC[Si](C)(C)C)COCC[Si](C)(C)C)cc2)c(C)c1. The summed E-state index contributed by atoms with van der Waals surface area (Å²) in [5.74, 6) is -0.747. The summed E-state index contributed by atoms with van der Waals surface area (Å²) in [7, 11) is -6.71. The second-order valence-corrected chi connectivity index (χ2v) is 30.5. The van der Waals surface area contributed by atoms with Crippen LogP contribution in [0.3, 0.4) is 0 Å². The van der Waals surface area contributed by atoms with E-state index in [9.17, 15) is 18.3 Å².